The molecular weight excluding hydrogens is 292 g/mol. The van der Waals surface area contributed by atoms with Crippen molar-refractivity contribution in [3.05, 3.63) is 70.8 Å². The first kappa shape index (κ1) is 18.7. The van der Waals surface area contributed by atoms with E-state index in [0.29, 0.717) is 6.54 Å². The van der Waals surface area contributed by atoms with Crippen LogP contribution in [-0.4, -0.2) is 6.54 Å². The molecule has 120 valence electrons. The minimum Gasteiger partial charge on any atom is -0.330 e. The Morgan fingerprint density at radius 3 is 1.77 bits per heavy atom. The second-order valence-corrected chi connectivity index (χ2v) is 5.54. The molecule has 0 amide bonds. The van der Waals surface area contributed by atoms with Crippen molar-refractivity contribution in [3.63, 3.8) is 0 Å². The normalized spacial score (nSPS) is 10.3. The first-order valence-corrected chi connectivity index (χ1v) is 7.88. The topological polar surface area (TPSA) is 52.0 Å². The molecule has 3 heteroatoms. The van der Waals surface area contributed by atoms with Crippen LogP contribution in [0.5, 0.6) is 0 Å². The van der Waals surface area contributed by atoms with Gasteiger partial charge in [0.1, 0.15) is 0 Å². The lowest BCUT2D eigenvalue weighted by Gasteiger charge is -2.08. The lowest BCUT2D eigenvalue weighted by Crippen LogP contribution is -2.02. The molecule has 22 heavy (non-hydrogen) atoms. The lowest BCUT2D eigenvalue weighted by molar-refractivity contribution is 0.729. The van der Waals surface area contributed by atoms with Crippen molar-refractivity contribution in [2.24, 2.45) is 11.5 Å². The van der Waals surface area contributed by atoms with E-state index in [-0.39, 0.29) is 12.4 Å². The average Bonchev–Trinajstić information content (AvgIpc) is 2.54. The molecule has 0 unspecified atom stereocenters. The fraction of sp³-hybridized carbons (Fsp3) is 0.368. The molecule has 0 atom stereocenters. The number of halogens is 1. The van der Waals surface area contributed by atoms with Gasteiger partial charge in [-0.3, -0.25) is 0 Å². The fourth-order valence-electron chi connectivity index (χ4n) is 2.68. The van der Waals surface area contributed by atoms with Gasteiger partial charge in [0.05, 0.1) is 0 Å². The van der Waals surface area contributed by atoms with Crippen molar-refractivity contribution in [1.82, 2.24) is 0 Å². The molecule has 0 heterocycles. The Morgan fingerprint density at radius 1 is 0.636 bits per heavy atom. The van der Waals surface area contributed by atoms with Crippen molar-refractivity contribution in [3.8, 4) is 0 Å². The van der Waals surface area contributed by atoms with Crippen molar-refractivity contribution in [2.45, 2.75) is 38.6 Å². The van der Waals surface area contributed by atoms with Gasteiger partial charge in [0.15, 0.2) is 0 Å². The minimum absolute atomic E-state index is 0. The average molecular weight is 319 g/mol. The molecule has 0 saturated carbocycles. The maximum absolute atomic E-state index is 5.78. The summed E-state index contributed by atoms with van der Waals surface area (Å²) in [4.78, 5) is 0. The quantitative estimate of drug-likeness (QED) is 0.730. The predicted molar refractivity (Wildman–Crippen MR) is 97.4 cm³/mol. The van der Waals surface area contributed by atoms with Gasteiger partial charge in [-0.25, -0.2) is 0 Å². The van der Waals surface area contributed by atoms with Crippen LogP contribution >= 0.6 is 12.4 Å². The number of benzene rings is 2. The molecule has 0 aromatic heterocycles. The smallest absolute Gasteiger partial charge is 0.0180 e. The molecule has 0 fully saturated rings. The third-order valence-electron chi connectivity index (χ3n) is 3.96. The van der Waals surface area contributed by atoms with Gasteiger partial charge >= 0.3 is 0 Å². The highest BCUT2D eigenvalue weighted by Crippen LogP contribution is 2.13. The van der Waals surface area contributed by atoms with Crippen LogP contribution in [0.1, 0.15) is 35.1 Å². The number of unbranched alkanes of at least 4 members (excludes halogenated alkanes) is 1. The van der Waals surface area contributed by atoms with E-state index in [1.54, 1.807) is 0 Å². The minimum atomic E-state index is 0. The van der Waals surface area contributed by atoms with Gasteiger partial charge in [-0.05, 0) is 60.9 Å². The molecule has 0 aliphatic carbocycles. The standard InChI is InChI=1S/C19H26N2.ClH/c20-14-13-17-11-9-16(10-12-17)5-1-2-6-18-7-3-4-8-19(18)15-21;/h3-4,7-12H,1-2,5-6,13-15,20-21H2;1H. The number of rotatable bonds is 8. The number of hydrogen-bond donors (Lipinski definition) is 2. The summed E-state index contributed by atoms with van der Waals surface area (Å²) in [5.74, 6) is 0. The zero-order chi connectivity index (χ0) is 14.9. The zero-order valence-corrected chi connectivity index (χ0v) is 13.9. The lowest BCUT2D eigenvalue weighted by atomic mass is 9.99. The summed E-state index contributed by atoms with van der Waals surface area (Å²) >= 11 is 0. The summed E-state index contributed by atoms with van der Waals surface area (Å²) in [6.07, 6.45) is 5.67. The van der Waals surface area contributed by atoms with Crippen LogP contribution in [0.3, 0.4) is 0 Å². The van der Waals surface area contributed by atoms with Crippen LogP contribution in [0.15, 0.2) is 48.5 Å². The SMILES string of the molecule is Cl.NCCc1ccc(CCCCc2ccccc2CN)cc1. The van der Waals surface area contributed by atoms with E-state index < -0.39 is 0 Å². The number of nitrogens with two attached hydrogens (primary N) is 2. The van der Waals surface area contributed by atoms with Crippen LogP contribution in [0.4, 0.5) is 0 Å². The fourth-order valence-corrected chi connectivity index (χ4v) is 2.68. The van der Waals surface area contributed by atoms with Gasteiger partial charge < -0.3 is 11.5 Å². The molecule has 0 bridgehead atoms. The van der Waals surface area contributed by atoms with Gasteiger partial charge in [0.2, 0.25) is 0 Å². The molecular formula is C19H27ClN2. The van der Waals surface area contributed by atoms with E-state index in [4.69, 9.17) is 11.5 Å². The molecule has 2 rings (SSSR count). The first-order valence-electron chi connectivity index (χ1n) is 7.88. The Hall–Kier alpha value is -1.35. The highest BCUT2D eigenvalue weighted by molar-refractivity contribution is 5.85. The van der Waals surface area contributed by atoms with Crippen molar-refractivity contribution in [2.75, 3.05) is 6.54 Å². The summed E-state index contributed by atoms with van der Waals surface area (Å²) in [6.45, 7) is 1.36. The van der Waals surface area contributed by atoms with Crippen LogP contribution in [-0.2, 0) is 25.8 Å². The Kier molecular flexibility index (Phi) is 8.83. The molecule has 0 spiro atoms. The molecule has 4 N–H and O–H groups in total. The summed E-state index contributed by atoms with van der Waals surface area (Å²) in [5, 5.41) is 0. The summed E-state index contributed by atoms with van der Waals surface area (Å²) in [7, 11) is 0. The van der Waals surface area contributed by atoms with Crippen LogP contribution < -0.4 is 11.5 Å². The van der Waals surface area contributed by atoms with E-state index in [9.17, 15) is 0 Å². The van der Waals surface area contributed by atoms with Crippen LogP contribution in [0, 0.1) is 0 Å². The molecule has 2 aromatic carbocycles. The van der Waals surface area contributed by atoms with E-state index in [1.165, 1.54) is 35.1 Å². The third kappa shape index (κ3) is 5.80. The summed E-state index contributed by atoms with van der Waals surface area (Å²) in [6, 6.07) is 17.4. The van der Waals surface area contributed by atoms with Crippen molar-refractivity contribution >= 4 is 12.4 Å². The van der Waals surface area contributed by atoms with E-state index in [2.05, 4.69) is 48.5 Å². The monoisotopic (exact) mass is 318 g/mol. The first-order chi connectivity index (χ1) is 10.3. The zero-order valence-electron chi connectivity index (χ0n) is 13.1. The van der Waals surface area contributed by atoms with Gasteiger partial charge in [-0.1, -0.05) is 48.5 Å². The van der Waals surface area contributed by atoms with E-state index >= 15 is 0 Å². The summed E-state index contributed by atoms with van der Waals surface area (Å²) < 4.78 is 0. The summed E-state index contributed by atoms with van der Waals surface area (Å²) in [5.41, 5.74) is 16.8. The van der Waals surface area contributed by atoms with Gasteiger partial charge in [0.25, 0.3) is 0 Å². The maximum atomic E-state index is 5.78. The Bertz CT molecular complexity index is 537. The highest BCUT2D eigenvalue weighted by Gasteiger charge is 2.00. The predicted octanol–water partition coefficient (Wildman–Crippen LogP) is 3.63. The molecule has 0 radical (unpaired) electrons. The molecule has 0 saturated heterocycles. The Morgan fingerprint density at radius 2 is 1.18 bits per heavy atom. The van der Waals surface area contributed by atoms with Gasteiger partial charge in [-0.2, -0.15) is 0 Å². The molecule has 0 aliphatic rings. The molecule has 2 nitrogen and oxygen atoms in total. The maximum Gasteiger partial charge on any atom is 0.0180 e. The van der Waals surface area contributed by atoms with Gasteiger partial charge in [-0.15, -0.1) is 12.4 Å². The van der Waals surface area contributed by atoms with E-state index in [1.807, 2.05) is 0 Å². The van der Waals surface area contributed by atoms with Crippen molar-refractivity contribution in [1.29, 1.82) is 0 Å². The number of hydrogen-bond acceptors (Lipinski definition) is 2. The number of aryl methyl sites for hydroxylation is 2. The second-order valence-electron chi connectivity index (χ2n) is 5.54. The Labute approximate surface area is 140 Å². The van der Waals surface area contributed by atoms with Crippen LogP contribution in [0.25, 0.3) is 0 Å². The molecule has 2 aromatic rings. The molecule has 0 aliphatic heterocycles. The largest absolute Gasteiger partial charge is 0.330 e. The third-order valence-corrected chi connectivity index (χ3v) is 3.96. The van der Waals surface area contributed by atoms with Crippen LogP contribution in [0.2, 0.25) is 0 Å². The van der Waals surface area contributed by atoms with E-state index in [0.717, 1.165) is 25.8 Å². The Balaban J connectivity index is 0.00000242. The highest BCUT2D eigenvalue weighted by atomic mass is 35.5. The van der Waals surface area contributed by atoms with Gasteiger partial charge in [0, 0.05) is 6.54 Å². The second kappa shape index (κ2) is 10.4. The van der Waals surface area contributed by atoms with Crippen molar-refractivity contribution < 1.29 is 0 Å².